The van der Waals surface area contributed by atoms with Crippen LogP contribution in [0.5, 0.6) is 5.88 Å². The Morgan fingerprint density at radius 1 is 1.16 bits per heavy atom. The molecule has 1 fully saturated rings. The van der Waals surface area contributed by atoms with Crippen LogP contribution in [0.4, 0.5) is 5.82 Å². The summed E-state index contributed by atoms with van der Waals surface area (Å²) < 4.78 is 11.2. The van der Waals surface area contributed by atoms with Crippen molar-refractivity contribution in [2.24, 2.45) is 0 Å². The average Bonchev–Trinajstić information content (AvgIpc) is 3.05. The van der Waals surface area contributed by atoms with E-state index in [1.54, 1.807) is 13.3 Å². The van der Waals surface area contributed by atoms with Gasteiger partial charge in [0.15, 0.2) is 0 Å². The molecule has 1 aliphatic rings. The van der Waals surface area contributed by atoms with Gasteiger partial charge in [0.25, 0.3) is 0 Å². The van der Waals surface area contributed by atoms with Crippen LogP contribution in [0, 0.1) is 0 Å². The van der Waals surface area contributed by atoms with E-state index in [0.717, 1.165) is 41.1 Å². The van der Waals surface area contributed by atoms with E-state index in [9.17, 15) is 0 Å². The maximum absolute atomic E-state index is 5.82. The molecule has 0 radical (unpaired) electrons. The number of nitrogens with zero attached hydrogens (tertiary/aromatic N) is 4. The van der Waals surface area contributed by atoms with Crippen molar-refractivity contribution in [1.82, 2.24) is 20.2 Å². The number of pyridine rings is 2. The van der Waals surface area contributed by atoms with Gasteiger partial charge in [-0.15, -0.1) is 0 Å². The standard InChI is InChI=1S/C18H21N5O2/c1-11-9-23(10-12(2)25-11)15-8-13(4-6-19-15)17-16-14(21-22-17)5-7-20-18(16)24-3/h4-8,11-12H,9-10H2,1-3H3,(H,21,22). The quantitative estimate of drug-likeness (QED) is 0.790. The Balaban J connectivity index is 1.75. The van der Waals surface area contributed by atoms with Crippen molar-refractivity contribution in [2.45, 2.75) is 26.1 Å². The number of hydrogen-bond donors (Lipinski definition) is 1. The number of aromatic amines is 1. The van der Waals surface area contributed by atoms with Gasteiger partial charge in [0.2, 0.25) is 5.88 Å². The molecular weight excluding hydrogens is 318 g/mol. The second-order valence-electron chi connectivity index (χ2n) is 6.38. The van der Waals surface area contributed by atoms with E-state index < -0.39 is 0 Å². The van der Waals surface area contributed by atoms with Crippen molar-refractivity contribution in [3.63, 3.8) is 0 Å². The number of H-pyrrole nitrogens is 1. The topological polar surface area (TPSA) is 76.2 Å². The summed E-state index contributed by atoms with van der Waals surface area (Å²) in [6.07, 6.45) is 3.89. The van der Waals surface area contributed by atoms with Crippen LogP contribution < -0.4 is 9.64 Å². The minimum Gasteiger partial charge on any atom is -0.480 e. The SMILES string of the molecule is COc1nccc2[nH]nc(-c3ccnc(N4CC(C)OC(C)C4)c3)c12. The molecule has 1 N–H and O–H groups in total. The molecular formula is C18H21N5O2. The molecule has 3 aromatic heterocycles. The lowest BCUT2D eigenvalue weighted by Gasteiger charge is -2.36. The van der Waals surface area contributed by atoms with Gasteiger partial charge in [-0.2, -0.15) is 5.10 Å². The molecule has 0 amide bonds. The number of ether oxygens (including phenoxy) is 2. The molecule has 2 unspecified atom stereocenters. The Morgan fingerprint density at radius 3 is 2.68 bits per heavy atom. The molecule has 0 aromatic carbocycles. The fourth-order valence-electron chi connectivity index (χ4n) is 3.40. The lowest BCUT2D eigenvalue weighted by atomic mass is 10.1. The second-order valence-corrected chi connectivity index (χ2v) is 6.38. The van der Waals surface area contributed by atoms with Gasteiger partial charge in [-0.25, -0.2) is 9.97 Å². The molecule has 7 heteroatoms. The Hall–Kier alpha value is -2.67. The first-order valence-electron chi connectivity index (χ1n) is 8.39. The van der Waals surface area contributed by atoms with Crippen LogP contribution >= 0.6 is 0 Å². The fraction of sp³-hybridized carbons (Fsp3) is 0.389. The van der Waals surface area contributed by atoms with E-state index >= 15 is 0 Å². The van der Waals surface area contributed by atoms with E-state index in [2.05, 4.69) is 45.0 Å². The first kappa shape index (κ1) is 15.8. The van der Waals surface area contributed by atoms with Crippen LogP contribution in [-0.2, 0) is 4.74 Å². The molecule has 0 aliphatic carbocycles. The lowest BCUT2D eigenvalue weighted by Crippen LogP contribution is -2.45. The van der Waals surface area contributed by atoms with E-state index in [4.69, 9.17) is 9.47 Å². The number of methoxy groups -OCH3 is 1. The highest BCUT2D eigenvalue weighted by atomic mass is 16.5. The molecule has 1 aliphatic heterocycles. The maximum Gasteiger partial charge on any atom is 0.224 e. The number of anilines is 1. The van der Waals surface area contributed by atoms with Crippen molar-refractivity contribution in [1.29, 1.82) is 0 Å². The predicted octanol–water partition coefficient (Wildman–Crippen LogP) is 2.64. The third kappa shape index (κ3) is 2.91. The highest BCUT2D eigenvalue weighted by Crippen LogP contribution is 2.33. The second kappa shape index (κ2) is 6.33. The molecule has 4 rings (SSSR count). The van der Waals surface area contributed by atoms with Gasteiger partial charge in [0, 0.05) is 31.0 Å². The molecule has 4 heterocycles. The number of aromatic nitrogens is 4. The molecule has 3 aromatic rings. The van der Waals surface area contributed by atoms with Crippen LogP contribution in [0.2, 0.25) is 0 Å². The summed E-state index contributed by atoms with van der Waals surface area (Å²) in [5.74, 6) is 1.49. The summed E-state index contributed by atoms with van der Waals surface area (Å²) in [5.41, 5.74) is 2.70. The van der Waals surface area contributed by atoms with E-state index in [0.29, 0.717) is 5.88 Å². The van der Waals surface area contributed by atoms with Crippen molar-refractivity contribution in [3.05, 3.63) is 30.6 Å². The Bertz CT molecular complexity index is 884. The minimum atomic E-state index is 0.185. The van der Waals surface area contributed by atoms with Crippen molar-refractivity contribution in [3.8, 4) is 17.1 Å². The molecule has 25 heavy (non-hydrogen) atoms. The van der Waals surface area contributed by atoms with E-state index in [1.165, 1.54) is 0 Å². The highest BCUT2D eigenvalue weighted by molar-refractivity contribution is 5.96. The molecule has 0 bridgehead atoms. The third-order valence-electron chi connectivity index (χ3n) is 4.40. The van der Waals surface area contributed by atoms with Gasteiger partial charge in [0.1, 0.15) is 11.5 Å². The van der Waals surface area contributed by atoms with Gasteiger partial charge in [-0.3, -0.25) is 5.10 Å². The minimum absolute atomic E-state index is 0.185. The van der Waals surface area contributed by atoms with Crippen molar-refractivity contribution < 1.29 is 9.47 Å². The Labute approximate surface area is 146 Å². The van der Waals surface area contributed by atoms with Crippen LogP contribution in [-0.4, -0.2) is 52.6 Å². The third-order valence-corrected chi connectivity index (χ3v) is 4.40. The highest BCUT2D eigenvalue weighted by Gasteiger charge is 2.24. The molecule has 7 nitrogen and oxygen atoms in total. The van der Waals surface area contributed by atoms with E-state index in [-0.39, 0.29) is 12.2 Å². The monoisotopic (exact) mass is 339 g/mol. The molecule has 0 saturated carbocycles. The van der Waals surface area contributed by atoms with Crippen LogP contribution in [0.3, 0.4) is 0 Å². The van der Waals surface area contributed by atoms with Gasteiger partial charge in [0.05, 0.1) is 30.2 Å². The Kier molecular flexibility index (Phi) is 4.01. The van der Waals surface area contributed by atoms with Gasteiger partial charge in [-0.05, 0) is 32.0 Å². The lowest BCUT2D eigenvalue weighted by molar-refractivity contribution is -0.00545. The van der Waals surface area contributed by atoms with Gasteiger partial charge >= 0.3 is 0 Å². The summed E-state index contributed by atoms with van der Waals surface area (Å²) in [5, 5.41) is 8.41. The molecule has 130 valence electrons. The number of morpholine rings is 1. The van der Waals surface area contributed by atoms with Crippen LogP contribution in [0.15, 0.2) is 30.6 Å². The summed E-state index contributed by atoms with van der Waals surface area (Å²) in [6, 6.07) is 5.91. The number of nitrogens with one attached hydrogen (secondary N) is 1. The van der Waals surface area contributed by atoms with Gasteiger partial charge < -0.3 is 14.4 Å². The first-order valence-corrected chi connectivity index (χ1v) is 8.39. The normalized spacial score (nSPS) is 20.8. The summed E-state index contributed by atoms with van der Waals surface area (Å²) in [7, 11) is 1.62. The zero-order valence-corrected chi connectivity index (χ0v) is 14.6. The van der Waals surface area contributed by atoms with E-state index in [1.807, 2.05) is 18.3 Å². The summed E-state index contributed by atoms with van der Waals surface area (Å²) >= 11 is 0. The number of rotatable bonds is 3. The molecule has 0 spiro atoms. The Morgan fingerprint density at radius 2 is 1.92 bits per heavy atom. The largest absolute Gasteiger partial charge is 0.480 e. The molecule has 2 atom stereocenters. The predicted molar refractivity (Wildman–Crippen MR) is 95.9 cm³/mol. The average molecular weight is 339 g/mol. The fourth-order valence-corrected chi connectivity index (χ4v) is 3.40. The van der Waals surface area contributed by atoms with Gasteiger partial charge in [-0.1, -0.05) is 0 Å². The zero-order chi connectivity index (χ0) is 17.4. The molecule has 1 saturated heterocycles. The number of fused-ring (bicyclic) bond motifs is 1. The summed E-state index contributed by atoms with van der Waals surface area (Å²) in [4.78, 5) is 11.1. The van der Waals surface area contributed by atoms with Crippen LogP contribution in [0.25, 0.3) is 22.2 Å². The van der Waals surface area contributed by atoms with Crippen molar-refractivity contribution in [2.75, 3.05) is 25.1 Å². The number of hydrogen-bond acceptors (Lipinski definition) is 6. The van der Waals surface area contributed by atoms with Crippen molar-refractivity contribution >= 4 is 16.7 Å². The first-order chi connectivity index (χ1) is 12.2. The summed E-state index contributed by atoms with van der Waals surface area (Å²) in [6.45, 7) is 5.83. The zero-order valence-electron chi connectivity index (χ0n) is 14.6. The van der Waals surface area contributed by atoms with Crippen LogP contribution in [0.1, 0.15) is 13.8 Å². The smallest absolute Gasteiger partial charge is 0.224 e. The maximum atomic E-state index is 5.82.